The van der Waals surface area contributed by atoms with Gasteiger partial charge in [0.2, 0.25) is 5.91 Å². The van der Waals surface area contributed by atoms with Crippen molar-refractivity contribution in [3.8, 4) is 0 Å². The van der Waals surface area contributed by atoms with Crippen molar-refractivity contribution >= 4 is 17.6 Å². The van der Waals surface area contributed by atoms with E-state index < -0.39 is 17.3 Å². The van der Waals surface area contributed by atoms with E-state index in [1.165, 1.54) is 12.1 Å². The number of benzene rings is 1. The normalized spacial score (nSPS) is 22.3. The van der Waals surface area contributed by atoms with Crippen LogP contribution in [0.1, 0.15) is 30.1 Å². The van der Waals surface area contributed by atoms with Crippen LogP contribution in [0, 0.1) is 11.7 Å². The van der Waals surface area contributed by atoms with Crippen molar-refractivity contribution in [2.75, 3.05) is 11.9 Å². The molecule has 0 aliphatic carbocycles. The van der Waals surface area contributed by atoms with Crippen LogP contribution in [0.15, 0.2) is 18.2 Å². The zero-order valence-corrected chi connectivity index (χ0v) is 11.1. The maximum absolute atomic E-state index is 13.5. The van der Waals surface area contributed by atoms with Gasteiger partial charge in [-0.15, -0.1) is 0 Å². The van der Waals surface area contributed by atoms with Crippen LogP contribution in [0.5, 0.6) is 0 Å². The Balaban J connectivity index is 2.15. The van der Waals surface area contributed by atoms with E-state index in [0.717, 1.165) is 12.6 Å². The van der Waals surface area contributed by atoms with E-state index in [-0.39, 0.29) is 23.6 Å². The highest BCUT2D eigenvalue weighted by Gasteiger charge is 2.26. The molecule has 1 fully saturated rings. The molecule has 108 valence electrons. The van der Waals surface area contributed by atoms with E-state index in [1.54, 1.807) is 0 Å². The fourth-order valence-electron chi connectivity index (χ4n) is 2.45. The molecule has 1 heterocycles. The molecule has 2 unspecified atom stereocenters. The summed E-state index contributed by atoms with van der Waals surface area (Å²) in [4.78, 5) is 23.2. The van der Waals surface area contributed by atoms with Gasteiger partial charge in [-0.05, 0) is 38.4 Å². The number of halogens is 1. The largest absolute Gasteiger partial charge is 0.478 e. The number of carboxylic acids is 1. The molecule has 5 nitrogen and oxygen atoms in total. The van der Waals surface area contributed by atoms with Gasteiger partial charge in [0.15, 0.2) is 0 Å². The number of hydrogen-bond acceptors (Lipinski definition) is 3. The molecule has 20 heavy (non-hydrogen) atoms. The first-order valence-corrected chi connectivity index (χ1v) is 6.55. The van der Waals surface area contributed by atoms with Crippen LogP contribution < -0.4 is 10.6 Å². The second-order valence-corrected chi connectivity index (χ2v) is 5.03. The average Bonchev–Trinajstić information content (AvgIpc) is 2.38. The van der Waals surface area contributed by atoms with Crippen LogP contribution in [0.25, 0.3) is 0 Å². The molecular weight excluding hydrogens is 263 g/mol. The van der Waals surface area contributed by atoms with Crippen LogP contribution in [-0.4, -0.2) is 29.6 Å². The lowest BCUT2D eigenvalue weighted by atomic mass is 9.92. The van der Waals surface area contributed by atoms with Gasteiger partial charge in [0.25, 0.3) is 0 Å². The maximum atomic E-state index is 13.5. The SMILES string of the molecule is CC1CC(C(=O)Nc2cccc(F)c2C(=O)O)CCN1. The summed E-state index contributed by atoms with van der Waals surface area (Å²) in [6.45, 7) is 2.73. The zero-order chi connectivity index (χ0) is 14.7. The van der Waals surface area contributed by atoms with Gasteiger partial charge in [-0.2, -0.15) is 0 Å². The van der Waals surface area contributed by atoms with Crippen LogP contribution in [0.4, 0.5) is 10.1 Å². The van der Waals surface area contributed by atoms with Gasteiger partial charge in [0.1, 0.15) is 11.4 Å². The summed E-state index contributed by atoms with van der Waals surface area (Å²) in [5.41, 5.74) is -0.489. The molecule has 2 atom stereocenters. The Labute approximate surface area is 116 Å². The number of piperidine rings is 1. The molecule has 1 aromatic carbocycles. The molecule has 2 rings (SSSR count). The summed E-state index contributed by atoms with van der Waals surface area (Å²) >= 11 is 0. The number of hydrogen-bond donors (Lipinski definition) is 3. The van der Waals surface area contributed by atoms with Gasteiger partial charge >= 0.3 is 5.97 Å². The van der Waals surface area contributed by atoms with Crippen molar-refractivity contribution in [3.63, 3.8) is 0 Å². The minimum absolute atomic E-state index is 0.00804. The van der Waals surface area contributed by atoms with Crippen molar-refractivity contribution in [1.29, 1.82) is 0 Å². The van der Waals surface area contributed by atoms with E-state index in [1.807, 2.05) is 6.92 Å². The Hall–Kier alpha value is -1.95. The number of rotatable bonds is 3. The Morgan fingerprint density at radius 3 is 2.85 bits per heavy atom. The molecule has 3 N–H and O–H groups in total. The van der Waals surface area contributed by atoms with Crippen molar-refractivity contribution in [3.05, 3.63) is 29.6 Å². The van der Waals surface area contributed by atoms with Gasteiger partial charge < -0.3 is 15.7 Å². The molecule has 0 saturated carbocycles. The van der Waals surface area contributed by atoms with E-state index >= 15 is 0 Å². The third kappa shape index (κ3) is 3.14. The maximum Gasteiger partial charge on any atom is 0.340 e. The summed E-state index contributed by atoms with van der Waals surface area (Å²) < 4.78 is 13.5. The lowest BCUT2D eigenvalue weighted by molar-refractivity contribution is -0.120. The number of anilines is 1. The molecule has 1 saturated heterocycles. The van der Waals surface area contributed by atoms with Crippen LogP contribution in [0.2, 0.25) is 0 Å². The predicted octanol–water partition coefficient (Wildman–Crippen LogP) is 1.85. The van der Waals surface area contributed by atoms with E-state index in [9.17, 15) is 14.0 Å². The van der Waals surface area contributed by atoms with Crippen molar-refractivity contribution in [2.24, 2.45) is 5.92 Å². The highest BCUT2D eigenvalue weighted by atomic mass is 19.1. The van der Waals surface area contributed by atoms with E-state index in [0.29, 0.717) is 12.8 Å². The van der Waals surface area contributed by atoms with Crippen LogP contribution in [-0.2, 0) is 4.79 Å². The molecule has 1 aromatic rings. The fraction of sp³-hybridized carbons (Fsp3) is 0.429. The van der Waals surface area contributed by atoms with Gasteiger partial charge in [0.05, 0.1) is 5.69 Å². The molecule has 1 aliphatic rings. The number of nitrogens with one attached hydrogen (secondary N) is 2. The fourth-order valence-corrected chi connectivity index (χ4v) is 2.45. The number of carbonyl (C=O) groups excluding carboxylic acids is 1. The standard InChI is InChI=1S/C14H17FN2O3/c1-8-7-9(5-6-16-8)13(18)17-11-4-2-3-10(15)12(11)14(19)20/h2-4,8-9,16H,5-7H2,1H3,(H,17,18)(H,19,20). The van der Waals surface area contributed by atoms with Gasteiger partial charge in [-0.1, -0.05) is 6.07 Å². The van der Waals surface area contributed by atoms with Gasteiger partial charge in [-0.25, -0.2) is 9.18 Å². The minimum Gasteiger partial charge on any atom is -0.478 e. The predicted molar refractivity (Wildman–Crippen MR) is 72.2 cm³/mol. The Morgan fingerprint density at radius 1 is 1.45 bits per heavy atom. The molecule has 0 spiro atoms. The third-order valence-corrected chi connectivity index (χ3v) is 3.48. The van der Waals surface area contributed by atoms with E-state index in [2.05, 4.69) is 10.6 Å². The first-order valence-electron chi connectivity index (χ1n) is 6.55. The number of amides is 1. The third-order valence-electron chi connectivity index (χ3n) is 3.48. The molecule has 0 bridgehead atoms. The Bertz CT molecular complexity index is 533. The second kappa shape index (κ2) is 6.00. The number of carboxylic acid groups (broad SMARTS) is 1. The Kier molecular flexibility index (Phi) is 4.34. The molecule has 6 heteroatoms. The molecule has 1 aliphatic heterocycles. The quantitative estimate of drug-likeness (QED) is 0.789. The summed E-state index contributed by atoms with van der Waals surface area (Å²) in [6.07, 6.45) is 1.37. The van der Waals surface area contributed by atoms with Crippen molar-refractivity contribution in [1.82, 2.24) is 5.32 Å². The monoisotopic (exact) mass is 280 g/mol. The first-order chi connectivity index (χ1) is 9.49. The van der Waals surface area contributed by atoms with E-state index in [4.69, 9.17) is 5.11 Å². The van der Waals surface area contributed by atoms with Gasteiger partial charge in [0, 0.05) is 12.0 Å². The zero-order valence-electron chi connectivity index (χ0n) is 11.1. The summed E-state index contributed by atoms with van der Waals surface area (Å²) in [6, 6.07) is 4.08. The number of aromatic carboxylic acids is 1. The summed E-state index contributed by atoms with van der Waals surface area (Å²) in [7, 11) is 0. The molecular formula is C14H17FN2O3. The molecule has 0 aromatic heterocycles. The van der Waals surface area contributed by atoms with Gasteiger partial charge in [-0.3, -0.25) is 4.79 Å². The highest BCUT2D eigenvalue weighted by molar-refractivity contribution is 6.01. The van der Waals surface area contributed by atoms with Crippen LogP contribution >= 0.6 is 0 Å². The summed E-state index contributed by atoms with van der Waals surface area (Å²) in [5, 5.41) is 14.8. The van der Waals surface area contributed by atoms with Crippen molar-refractivity contribution in [2.45, 2.75) is 25.8 Å². The number of carbonyl (C=O) groups is 2. The Morgan fingerprint density at radius 2 is 2.20 bits per heavy atom. The lowest BCUT2D eigenvalue weighted by Gasteiger charge is -2.27. The molecule has 1 amide bonds. The smallest absolute Gasteiger partial charge is 0.340 e. The highest BCUT2D eigenvalue weighted by Crippen LogP contribution is 2.22. The topological polar surface area (TPSA) is 78.4 Å². The average molecular weight is 280 g/mol. The van der Waals surface area contributed by atoms with Crippen molar-refractivity contribution < 1.29 is 19.1 Å². The minimum atomic E-state index is -1.39. The van der Waals surface area contributed by atoms with Crippen LogP contribution in [0.3, 0.4) is 0 Å². The molecule has 0 radical (unpaired) electrons. The first kappa shape index (κ1) is 14.5. The second-order valence-electron chi connectivity index (χ2n) is 5.03. The summed E-state index contributed by atoms with van der Waals surface area (Å²) in [5.74, 6) is -2.69. The lowest BCUT2D eigenvalue weighted by Crippen LogP contribution is -2.40.